The Balaban J connectivity index is 2.02. The second kappa shape index (κ2) is 9.04. The summed E-state index contributed by atoms with van der Waals surface area (Å²) in [6.07, 6.45) is 12.9. The molecule has 1 heterocycles. The van der Waals surface area contributed by atoms with Crippen LogP contribution in [0, 0.1) is 5.92 Å². The lowest BCUT2D eigenvalue weighted by Crippen LogP contribution is -2.35. The van der Waals surface area contributed by atoms with Gasteiger partial charge in [0, 0.05) is 6.54 Å². The molecule has 1 saturated heterocycles. The van der Waals surface area contributed by atoms with E-state index in [2.05, 4.69) is 18.7 Å². The van der Waals surface area contributed by atoms with E-state index in [4.69, 9.17) is 0 Å². The zero-order valence-corrected chi connectivity index (χ0v) is 11.5. The number of hydrogen-bond donors (Lipinski definition) is 0. The molecule has 0 spiro atoms. The standard InChI is InChI=1S/C15H31N/c1-3-5-6-7-8-12-16-13-9-11-15(14-16)10-4-2/h15H,3-14H2,1-2H3. The van der Waals surface area contributed by atoms with Crippen LogP contribution >= 0.6 is 0 Å². The monoisotopic (exact) mass is 225 g/mol. The van der Waals surface area contributed by atoms with Gasteiger partial charge >= 0.3 is 0 Å². The average molecular weight is 225 g/mol. The smallest absolute Gasteiger partial charge is 0.000966 e. The van der Waals surface area contributed by atoms with E-state index in [0.717, 1.165) is 5.92 Å². The first-order valence-corrected chi connectivity index (χ1v) is 7.59. The van der Waals surface area contributed by atoms with Crippen LogP contribution in [0.1, 0.15) is 71.6 Å². The van der Waals surface area contributed by atoms with Gasteiger partial charge in [0.05, 0.1) is 0 Å². The van der Waals surface area contributed by atoms with Crippen molar-refractivity contribution in [2.45, 2.75) is 71.6 Å². The Kier molecular flexibility index (Phi) is 7.92. The van der Waals surface area contributed by atoms with E-state index in [1.54, 1.807) is 0 Å². The molecular weight excluding hydrogens is 194 g/mol. The van der Waals surface area contributed by atoms with Crippen molar-refractivity contribution in [1.29, 1.82) is 0 Å². The molecule has 1 heteroatoms. The van der Waals surface area contributed by atoms with Gasteiger partial charge < -0.3 is 4.90 Å². The highest BCUT2D eigenvalue weighted by Crippen LogP contribution is 2.21. The maximum absolute atomic E-state index is 2.72. The molecule has 0 aromatic carbocycles. The molecule has 1 unspecified atom stereocenters. The lowest BCUT2D eigenvalue weighted by atomic mass is 9.93. The third-order valence-corrected chi connectivity index (χ3v) is 3.88. The second-order valence-electron chi connectivity index (χ2n) is 5.51. The summed E-state index contributed by atoms with van der Waals surface area (Å²) >= 11 is 0. The molecule has 0 aromatic rings. The van der Waals surface area contributed by atoms with Crippen LogP contribution in [-0.4, -0.2) is 24.5 Å². The molecule has 0 aliphatic carbocycles. The topological polar surface area (TPSA) is 3.24 Å². The minimum atomic E-state index is 1.01. The first kappa shape index (κ1) is 14.0. The molecule has 0 radical (unpaired) electrons. The van der Waals surface area contributed by atoms with E-state index < -0.39 is 0 Å². The maximum atomic E-state index is 2.72. The van der Waals surface area contributed by atoms with Crippen LogP contribution in [0.5, 0.6) is 0 Å². The Morgan fingerprint density at radius 3 is 2.56 bits per heavy atom. The summed E-state index contributed by atoms with van der Waals surface area (Å²) in [4.78, 5) is 2.72. The Hall–Kier alpha value is -0.0400. The molecule has 1 rings (SSSR count). The van der Waals surface area contributed by atoms with Gasteiger partial charge in [-0.3, -0.25) is 0 Å². The minimum Gasteiger partial charge on any atom is -0.303 e. The fourth-order valence-corrected chi connectivity index (χ4v) is 2.94. The molecule has 1 aliphatic heterocycles. The predicted molar refractivity (Wildman–Crippen MR) is 72.8 cm³/mol. The highest BCUT2D eigenvalue weighted by molar-refractivity contribution is 4.72. The van der Waals surface area contributed by atoms with E-state index in [0.29, 0.717) is 0 Å². The van der Waals surface area contributed by atoms with Crippen LogP contribution in [0.25, 0.3) is 0 Å². The van der Waals surface area contributed by atoms with E-state index in [1.807, 2.05) is 0 Å². The molecule has 1 nitrogen and oxygen atoms in total. The zero-order valence-electron chi connectivity index (χ0n) is 11.5. The number of hydrogen-bond acceptors (Lipinski definition) is 1. The first-order chi connectivity index (χ1) is 7.86. The summed E-state index contributed by atoms with van der Waals surface area (Å²) in [7, 11) is 0. The van der Waals surface area contributed by atoms with Crippen LogP contribution in [0.3, 0.4) is 0 Å². The molecule has 96 valence electrons. The van der Waals surface area contributed by atoms with Gasteiger partial charge in [-0.25, -0.2) is 0 Å². The van der Waals surface area contributed by atoms with Crippen LogP contribution in [0.2, 0.25) is 0 Å². The number of piperidine rings is 1. The summed E-state index contributed by atoms with van der Waals surface area (Å²) in [6.45, 7) is 8.74. The van der Waals surface area contributed by atoms with E-state index in [9.17, 15) is 0 Å². The molecular formula is C15H31N. The Bertz CT molecular complexity index is 154. The molecule has 1 atom stereocenters. The highest BCUT2D eigenvalue weighted by atomic mass is 15.1. The van der Waals surface area contributed by atoms with Gasteiger partial charge in [0.1, 0.15) is 0 Å². The lowest BCUT2D eigenvalue weighted by molar-refractivity contribution is 0.165. The predicted octanol–water partition coefficient (Wildman–Crippen LogP) is 4.47. The molecule has 0 bridgehead atoms. The van der Waals surface area contributed by atoms with Gasteiger partial charge in [0.15, 0.2) is 0 Å². The third kappa shape index (κ3) is 5.89. The number of unbranched alkanes of at least 4 members (excludes halogenated alkanes) is 4. The van der Waals surface area contributed by atoms with Gasteiger partial charge in [0.25, 0.3) is 0 Å². The molecule has 0 N–H and O–H groups in total. The summed E-state index contributed by atoms with van der Waals surface area (Å²) in [5.41, 5.74) is 0. The largest absolute Gasteiger partial charge is 0.303 e. The third-order valence-electron chi connectivity index (χ3n) is 3.88. The van der Waals surface area contributed by atoms with Crippen molar-refractivity contribution in [2.75, 3.05) is 19.6 Å². The van der Waals surface area contributed by atoms with Gasteiger partial charge in [-0.15, -0.1) is 0 Å². The molecule has 1 fully saturated rings. The quantitative estimate of drug-likeness (QED) is 0.551. The molecule has 0 aromatic heterocycles. The van der Waals surface area contributed by atoms with E-state index in [-0.39, 0.29) is 0 Å². The SMILES string of the molecule is CCCCCCCN1CCCC(CCC)C1. The van der Waals surface area contributed by atoms with Crippen molar-refractivity contribution < 1.29 is 0 Å². The molecule has 0 saturated carbocycles. The van der Waals surface area contributed by atoms with Crippen LogP contribution in [0.4, 0.5) is 0 Å². The fraction of sp³-hybridized carbons (Fsp3) is 1.00. The Labute approximate surface area is 103 Å². The van der Waals surface area contributed by atoms with Gasteiger partial charge in [-0.2, -0.15) is 0 Å². The summed E-state index contributed by atoms with van der Waals surface area (Å²) in [5.74, 6) is 1.01. The van der Waals surface area contributed by atoms with E-state index >= 15 is 0 Å². The van der Waals surface area contributed by atoms with Crippen molar-refractivity contribution in [3.8, 4) is 0 Å². The van der Waals surface area contributed by atoms with Crippen molar-refractivity contribution in [2.24, 2.45) is 5.92 Å². The minimum absolute atomic E-state index is 1.01. The highest BCUT2D eigenvalue weighted by Gasteiger charge is 2.18. The number of likely N-dealkylation sites (tertiary alicyclic amines) is 1. The Morgan fingerprint density at radius 1 is 1.00 bits per heavy atom. The molecule has 0 amide bonds. The normalized spacial score (nSPS) is 22.5. The average Bonchev–Trinajstić information content (AvgIpc) is 2.30. The van der Waals surface area contributed by atoms with Crippen molar-refractivity contribution in [3.63, 3.8) is 0 Å². The van der Waals surface area contributed by atoms with Gasteiger partial charge in [-0.05, 0) is 44.7 Å². The maximum Gasteiger partial charge on any atom is 0.000966 e. The Morgan fingerprint density at radius 2 is 1.81 bits per heavy atom. The fourth-order valence-electron chi connectivity index (χ4n) is 2.94. The van der Waals surface area contributed by atoms with Crippen LogP contribution in [0.15, 0.2) is 0 Å². The van der Waals surface area contributed by atoms with Crippen LogP contribution in [-0.2, 0) is 0 Å². The van der Waals surface area contributed by atoms with Crippen molar-refractivity contribution in [3.05, 3.63) is 0 Å². The van der Waals surface area contributed by atoms with Crippen molar-refractivity contribution in [1.82, 2.24) is 4.90 Å². The number of nitrogens with zero attached hydrogens (tertiary/aromatic N) is 1. The zero-order chi connectivity index (χ0) is 11.6. The van der Waals surface area contributed by atoms with Crippen LogP contribution < -0.4 is 0 Å². The summed E-state index contributed by atoms with van der Waals surface area (Å²) in [5, 5.41) is 0. The van der Waals surface area contributed by atoms with E-state index in [1.165, 1.54) is 77.4 Å². The molecule has 16 heavy (non-hydrogen) atoms. The van der Waals surface area contributed by atoms with Gasteiger partial charge in [-0.1, -0.05) is 46.0 Å². The van der Waals surface area contributed by atoms with Crippen molar-refractivity contribution >= 4 is 0 Å². The summed E-state index contributed by atoms with van der Waals surface area (Å²) < 4.78 is 0. The molecule has 1 aliphatic rings. The first-order valence-electron chi connectivity index (χ1n) is 7.59. The second-order valence-corrected chi connectivity index (χ2v) is 5.51. The summed E-state index contributed by atoms with van der Waals surface area (Å²) in [6, 6.07) is 0. The lowest BCUT2D eigenvalue weighted by Gasteiger charge is -2.32. The van der Waals surface area contributed by atoms with Gasteiger partial charge in [0.2, 0.25) is 0 Å². The number of rotatable bonds is 8.